The third-order valence-electron chi connectivity index (χ3n) is 3.71. The van der Waals surface area contributed by atoms with Crippen LogP contribution in [0.2, 0.25) is 5.02 Å². The van der Waals surface area contributed by atoms with Crippen LogP contribution in [0.1, 0.15) is 18.4 Å². The predicted octanol–water partition coefficient (Wildman–Crippen LogP) is 3.81. The number of hydrogen-bond acceptors (Lipinski definition) is 4. The zero-order chi connectivity index (χ0) is 19.2. The van der Waals surface area contributed by atoms with Crippen molar-refractivity contribution < 1.29 is 13.2 Å². The number of rotatable bonds is 8. The number of benzene rings is 2. The van der Waals surface area contributed by atoms with E-state index in [2.05, 4.69) is 15.4 Å². The lowest BCUT2D eigenvalue weighted by Gasteiger charge is -2.13. The van der Waals surface area contributed by atoms with Crippen LogP contribution in [-0.2, 0) is 14.8 Å². The molecule has 0 radical (unpaired) electrons. The maximum Gasteiger partial charge on any atom is 0.262 e. The van der Waals surface area contributed by atoms with Gasteiger partial charge in [0.15, 0.2) is 0 Å². The number of hydrogen-bond donors (Lipinski definition) is 3. The summed E-state index contributed by atoms with van der Waals surface area (Å²) >= 11 is 6.03. The summed E-state index contributed by atoms with van der Waals surface area (Å²) in [5.74, 6) is -0.161. The van der Waals surface area contributed by atoms with Crippen LogP contribution in [0.15, 0.2) is 47.4 Å². The molecule has 0 aromatic heterocycles. The Kier molecular flexibility index (Phi) is 9.05. The van der Waals surface area contributed by atoms with Crippen molar-refractivity contribution in [2.24, 2.45) is 0 Å². The van der Waals surface area contributed by atoms with Crippen LogP contribution in [0.5, 0.6) is 0 Å². The minimum Gasteiger partial charge on any atom is -0.326 e. The number of para-hydroxylation sites is 1. The number of sulfonamides is 1. The van der Waals surface area contributed by atoms with Crippen LogP contribution in [0.4, 0.5) is 11.4 Å². The summed E-state index contributed by atoms with van der Waals surface area (Å²) in [5.41, 5.74) is 1.30. The first-order valence-corrected chi connectivity index (χ1v) is 10.0. The first-order valence-electron chi connectivity index (χ1n) is 8.16. The van der Waals surface area contributed by atoms with E-state index in [9.17, 15) is 13.2 Å². The second-order valence-corrected chi connectivity index (χ2v) is 7.88. The van der Waals surface area contributed by atoms with Crippen molar-refractivity contribution in [2.75, 3.05) is 23.6 Å². The summed E-state index contributed by atoms with van der Waals surface area (Å²) < 4.78 is 28.0. The lowest BCUT2D eigenvalue weighted by Crippen LogP contribution is -2.17. The van der Waals surface area contributed by atoms with E-state index in [1.54, 1.807) is 43.3 Å². The van der Waals surface area contributed by atoms with Crippen molar-refractivity contribution in [3.05, 3.63) is 53.1 Å². The predicted molar refractivity (Wildman–Crippen MR) is 112 cm³/mol. The molecule has 0 saturated heterocycles. The van der Waals surface area contributed by atoms with Crippen LogP contribution in [-0.4, -0.2) is 27.9 Å². The minimum atomic E-state index is -3.84. The topological polar surface area (TPSA) is 87.3 Å². The normalized spacial score (nSPS) is 10.8. The molecule has 0 unspecified atom stereocenters. The number of carbonyl (C=O) groups is 1. The van der Waals surface area contributed by atoms with Crippen LogP contribution in [0.25, 0.3) is 0 Å². The molecule has 9 heteroatoms. The van der Waals surface area contributed by atoms with Crippen LogP contribution in [0, 0.1) is 6.92 Å². The fraction of sp³-hybridized carbons (Fsp3) is 0.278. The molecular formula is C18H23Cl2N3O3S. The number of carbonyl (C=O) groups excluding carboxylic acids is 1. The molecule has 0 aliphatic rings. The first-order chi connectivity index (χ1) is 12.3. The molecule has 1 amide bonds. The van der Waals surface area contributed by atoms with E-state index in [0.717, 1.165) is 6.54 Å². The maximum absolute atomic E-state index is 12.7. The summed E-state index contributed by atoms with van der Waals surface area (Å²) in [7, 11) is -2.02. The van der Waals surface area contributed by atoms with Gasteiger partial charge in [0.25, 0.3) is 10.0 Å². The van der Waals surface area contributed by atoms with Gasteiger partial charge in [0.2, 0.25) is 5.91 Å². The SMILES string of the molecule is CNCCCC(=O)Nc1ccc(C)c(S(=O)(=O)Nc2ccccc2Cl)c1.Cl. The molecule has 0 spiro atoms. The van der Waals surface area contributed by atoms with Gasteiger partial charge in [-0.3, -0.25) is 9.52 Å². The highest BCUT2D eigenvalue weighted by Gasteiger charge is 2.19. The molecule has 0 aliphatic carbocycles. The molecule has 2 aromatic carbocycles. The Morgan fingerprint density at radius 3 is 2.52 bits per heavy atom. The first kappa shape index (κ1) is 23.2. The van der Waals surface area contributed by atoms with Crippen LogP contribution in [0.3, 0.4) is 0 Å². The third kappa shape index (κ3) is 6.70. The average molecular weight is 432 g/mol. The van der Waals surface area contributed by atoms with Gasteiger partial charge in [0.05, 0.1) is 15.6 Å². The standard InChI is InChI=1S/C18H22ClN3O3S.ClH/c1-13-9-10-14(21-18(23)8-5-11-20-2)12-17(13)26(24,25)22-16-7-4-3-6-15(16)19;/h3-4,6-7,9-10,12,20,22H,5,8,11H2,1-2H3,(H,21,23);1H. The molecule has 6 nitrogen and oxygen atoms in total. The summed E-state index contributed by atoms with van der Waals surface area (Å²) in [4.78, 5) is 12.0. The lowest BCUT2D eigenvalue weighted by molar-refractivity contribution is -0.116. The number of aryl methyl sites for hydroxylation is 1. The Morgan fingerprint density at radius 2 is 1.85 bits per heavy atom. The van der Waals surface area contributed by atoms with Gasteiger partial charge < -0.3 is 10.6 Å². The zero-order valence-corrected chi connectivity index (χ0v) is 17.5. The van der Waals surface area contributed by atoms with Crippen LogP contribution < -0.4 is 15.4 Å². The van der Waals surface area contributed by atoms with Gasteiger partial charge in [-0.15, -0.1) is 12.4 Å². The minimum absolute atomic E-state index is 0. The number of anilines is 2. The van der Waals surface area contributed by atoms with Gasteiger partial charge in [-0.05, 0) is 56.8 Å². The van der Waals surface area contributed by atoms with Gasteiger partial charge >= 0.3 is 0 Å². The van der Waals surface area contributed by atoms with E-state index in [4.69, 9.17) is 11.6 Å². The highest BCUT2D eigenvalue weighted by Crippen LogP contribution is 2.26. The molecule has 0 bridgehead atoms. The largest absolute Gasteiger partial charge is 0.326 e. The third-order valence-corrected chi connectivity index (χ3v) is 5.55. The van der Waals surface area contributed by atoms with E-state index in [1.165, 1.54) is 6.07 Å². The Hall–Kier alpha value is -1.80. The lowest BCUT2D eigenvalue weighted by atomic mass is 10.2. The van der Waals surface area contributed by atoms with Crippen molar-refractivity contribution in [1.82, 2.24) is 5.32 Å². The number of amides is 1. The van der Waals surface area contributed by atoms with Gasteiger partial charge in [0.1, 0.15) is 0 Å². The van der Waals surface area contributed by atoms with E-state index in [0.29, 0.717) is 34.8 Å². The second kappa shape index (κ2) is 10.5. The maximum atomic E-state index is 12.7. The smallest absolute Gasteiger partial charge is 0.262 e. The van der Waals surface area contributed by atoms with Gasteiger partial charge in [0, 0.05) is 12.1 Å². The average Bonchev–Trinajstić information content (AvgIpc) is 2.58. The Labute approximate surface area is 171 Å². The fourth-order valence-corrected chi connectivity index (χ4v) is 3.95. The van der Waals surface area contributed by atoms with Crippen molar-refractivity contribution in [2.45, 2.75) is 24.7 Å². The summed E-state index contributed by atoms with van der Waals surface area (Å²) in [6.45, 7) is 2.43. The van der Waals surface area contributed by atoms with Gasteiger partial charge in [-0.2, -0.15) is 0 Å². The van der Waals surface area contributed by atoms with Crippen LogP contribution >= 0.6 is 24.0 Å². The Balaban J connectivity index is 0.00000364. The molecule has 0 atom stereocenters. The van der Waals surface area contributed by atoms with Gasteiger partial charge in [-0.1, -0.05) is 29.8 Å². The highest BCUT2D eigenvalue weighted by atomic mass is 35.5. The molecule has 2 aromatic rings. The number of nitrogens with one attached hydrogen (secondary N) is 3. The Morgan fingerprint density at radius 1 is 1.15 bits per heavy atom. The summed E-state index contributed by atoms with van der Waals surface area (Å²) in [6.07, 6.45) is 1.06. The molecule has 0 heterocycles. The quantitative estimate of drug-likeness (QED) is 0.554. The number of halogens is 2. The fourth-order valence-electron chi connectivity index (χ4n) is 2.36. The highest BCUT2D eigenvalue weighted by molar-refractivity contribution is 7.92. The van der Waals surface area contributed by atoms with Crippen molar-refractivity contribution in [3.8, 4) is 0 Å². The van der Waals surface area contributed by atoms with Crippen molar-refractivity contribution in [3.63, 3.8) is 0 Å². The second-order valence-electron chi connectivity index (χ2n) is 5.82. The zero-order valence-electron chi connectivity index (χ0n) is 15.1. The molecule has 148 valence electrons. The molecule has 27 heavy (non-hydrogen) atoms. The molecule has 0 saturated carbocycles. The molecule has 2 rings (SSSR count). The van der Waals surface area contributed by atoms with E-state index >= 15 is 0 Å². The molecule has 3 N–H and O–H groups in total. The van der Waals surface area contributed by atoms with Gasteiger partial charge in [-0.25, -0.2) is 8.42 Å². The molecule has 0 aliphatic heterocycles. The summed E-state index contributed by atoms with van der Waals surface area (Å²) in [6, 6.07) is 11.4. The molecular weight excluding hydrogens is 409 g/mol. The molecule has 0 fully saturated rings. The van der Waals surface area contributed by atoms with E-state index < -0.39 is 10.0 Å². The monoisotopic (exact) mass is 431 g/mol. The Bertz CT molecular complexity index is 889. The summed E-state index contributed by atoms with van der Waals surface area (Å²) in [5, 5.41) is 6.01. The van der Waals surface area contributed by atoms with Crippen molar-refractivity contribution in [1.29, 1.82) is 0 Å². The van der Waals surface area contributed by atoms with E-state index in [1.807, 2.05) is 7.05 Å². The van der Waals surface area contributed by atoms with E-state index in [-0.39, 0.29) is 23.2 Å². The van der Waals surface area contributed by atoms with Crippen molar-refractivity contribution >= 4 is 51.3 Å².